The van der Waals surface area contributed by atoms with Crippen molar-refractivity contribution < 1.29 is 14.3 Å². The number of aromatic nitrogens is 1. The second-order valence-electron chi connectivity index (χ2n) is 11.6. The topological polar surface area (TPSA) is 43.7 Å². The van der Waals surface area contributed by atoms with Crippen molar-refractivity contribution in [2.45, 2.75) is 78.5 Å². The number of benzene rings is 2. The second kappa shape index (κ2) is 9.59. The van der Waals surface area contributed by atoms with E-state index in [2.05, 4.69) is 42.2 Å². The van der Waals surface area contributed by atoms with Crippen molar-refractivity contribution in [3.05, 3.63) is 64.8 Å². The zero-order valence-corrected chi connectivity index (χ0v) is 22.6. The Bertz CT molecular complexity index is 1250. The number of aryl methyl sites for hydroxylation is 2. The highest BCUT2D eigenvalue weighted by Gasteiger charge is 2.44. The van der Waals surface area contributed by atoms with Gasteiger partial charge in [-0.05, 0) is 87.6 Å². The van der Waals surface area contributed by atoms with Crippen LogP contribution in [0.4, 0.5) is 4.79 Å². The van der Waals surface area contributed by atoms with Gasteiger partial charge in [0.1, 0.15) is 11.4 Å². The fraction of sp³-hybridized carbons (Fsp3) is 0.516. The summed E-state index contributed by atoms with van der Waals surface area (Å²) in [4.78, 5) is 15.7. The fourth-order valence-corrected chi connectivity index (χ4v) is 6.54. The number of likely N-dealkylation sites (tertiary alicyclic amines) is 1. The van der Waals surface area contributed by atoms with Crippen LogP contribution in [-0.2, 0) is 17.7 Å². The van der Waals surface area contributed by atoms with Gasteiger partial charge >= 0.3 is 6.09 Å². The third kappa shape index (κ3) is 4.54. The molecule has 3 aromatic rings. The SMILES string of the molecule is CCc1ccc(C2C3CCC[C@H]3CN2Cc2c(OC)cc(C)c3c2ccn3C(=O)OC(C)(C)C)cc1. The molecule has 192 valence electrons. The predicted molar refractivity (Wildman–Crippen MR) is 145 cm³/mol. The fourth-order valence-electron chi connectivity index (χ4n) is 6.54. The van der Waals surface area contributed by atoms with Crippen LogP contribution in [0.25, 0.3) is 10.9 Å². The first-order chi connectivity index (χ1) is 17.2. The standard InChI is InChI=1S/C31H40N2O3/c1-7-21-11-13-22(14-12-21)29-24-10-8-9-23(24)18-32(29)19-26-25-15-16-33(30(34)36-31(3,4)5)28(25)20(2)17-27(26)35-6/h11-17,23-24,29H,7-10,18-19H2,1-6H3/t23-,24?,29?/m0/s1. The van der Waals surface area contributed by atoms with E-state index >= 15 is 0 Å². The van der Waals surface area contributed by atoms with E-state index in [4.69, 9.17) is 9.47 Å². The summed E-state index contributed by atoms with van der Waals surface area (Å²) in [5.74, 6) is 2.34. The minimum atomic E-state index is -0.551. The van der Waals surface area contributed by atoms with E-state index in [0.717, 1.165) is 53.2 Å². The van der Waals surface area contributed by atoms with Gasteiger partial charge in [-0.25, -0.2) is 4.79 Å². The van der Waals surface area contributed by atoms with Crippen LogP contribution >= 0.6 is 0 Å². The average molecular weight is 489 g/mol. The van der Waals surface area contributed by atoms with Gasteiger partial charge in [0.05, 0.1) is 12.6 Å². The molecule has 1 aliphatic heterocycles. The lowest BCUT2D eigenvalue weighted by atomic mass is 9.89. The van der Waals surface area contributed by atoms with E-state index in [0.29, 0.717) is 12.0 Å². The van der Waals surface area contributed by atoms with Crippen molar-refractivity contribution in [1.82, 2.24) is 9.47 Å². The van der Waals surface area contributed by atoms with Crippen LogP contribution in [0.15, 0.2) is 42.6 Å². The smallest absolute Gasteiger partial charge is 0.419 e. The van der Waals surface area contributed by atoms with E-state index in [-0.39, 0.29) is 6.09 Å². The first-order valence-electron chi connectivity index (χ1n) is 13.4. The number of hydrogen-bond donors (Lipinski definition) is 0. The third-order valence-electron chi connectivity index (χ3n) is 8.12. The highest BCUT2D eigenvalue weighted by atomic mass is 16.6. The first-order valence-corrected chi connectivity index (χ1v) is 13.4. The third-order valence-corrected chi connectivity index (χ3v) is 8.12. The maximum atomic E-state index is 13.0. The summed E-state index contributed by atoms with van der Waals surface area (Å²) in [7, 11) is 1.74. The molecule has 3 atom stereocenters. The molecule has 1 aromatic heterocycles. The number of rotatable bonds is 5. The normalized spacial score (nSPS) is 22.2. The molecule has 5 nitrogen and oxygen atoms in total. The molecular formula is C31H40N2O3. The van der Waals surface area contributed by atoms with Gasteiger partial charge in [-0.1, -0.05) is 37.6 Å². The minimum Gasteiger partial charge on any atom is -0.496 e. The minimum absolute atomic E-state index is 0.346. The van der Waals surface area contributed by atoms with Gasteiger partial charge in [0, 0.05) is 36.3 Å². The Kier molecular flexibility index (Phi) is 6.63. The second-order valence-corrected chi connectivity index (χ2v) is 11.6. The van der Waals surface area contributed by atoms with E-state index in [9.17, 15) is 4.79 Å². The zero-order valence-electron chi connectivity index (χ0n) is 22.6. The van der Waals surface area contributed by atoms with Gasteiger partial charge < -0.3 is 9.47 Å². The highest BCUT2D eigenvalue weighted by molar-refractivity contribution is 5.95. The Morgan fingerprint density at radius 1 is 1.11 bits per heavy atom. The molecule has 36 heavy (non-hydrogen) atoms. The Balaban J connectivity index is 1.54. The maximum Gasteiger partial charge on any atom is 0.419 e. The van der Waals surface area contributed by atoms with Crippen LogP contribution in [0.3, 0.4) is 0 Å². The van der Waals surface area contributed by atoms with Crippen molar-refractivity contribution in [2.24, 2.45) is 11.8 Å². The summed E-state index contributed by atoms with van der Waals surface area (Å²) in [6.45, 7) is 11.8. The Labute approximate surface area is 215 Å². The molecule has 5 heteroatoms. The molecule has 0 amide bonds. The largest absolute Gasteiger partial charge is 0.496 e. The molecule has 0 bridgehead atoms. The van der Waals surface area contributed by atoms with Gasteiger partial charge in [-0.3, -0.25) is 9.47 Å². The lowest BCUT2D eigenvalue weighted by Crippen LogP contribution is -2.27. The van der Waals surface area contributed by atoms with Crippen LogP contribution in [0.1, 0.15) is 75.3 Å². The van der Waals surface area contributed by atoms with Crippen molar-refractivity contribution in [2.75, 3.05) is 13.7 Å². The summed E-state index contributed by atoms with van der Waals surface area (Å²) in [5, 5.41) is 1.06. The van der Waals surface area contributed by atoms with E-state index in [1.165, 1.54) is 30.4 Å². The highest BCUT2D eigenvalue weighted by Crippen LogP contribution is 2.50. The summed E-state index contributed by atoms with van der Waals surface area (Å²) in [5.41, 5.74) is 5.32. The molecule has 5 rings (SSSR count). The summed E-state index contributed by atoms with van der Waals surface area (Å²) < 4.78 is 13.3. The Morgan fingerprint density at radius 2 is 1.86 bits per heavy atom. The maximum absolute atomic E-state index is 13.0. The molecule has 2 unspecified atom stereocenters. The van der Waals surface area contributed by atoms with Crippen molar-refractivity contribution in [1.29, 1.82) is 0 Å². The summed E-state index contributed by atoms with van der Waals surface area (Å²) in [6.07, 6.45) is 6.52. The molecule has 2 aliphatic rings. The van der Waals surface area contributed by atoms with Crippen LogP contribution < -0.4 is 4.74 Å². The van der Waals surface area contributed by atoms with Crippen molar-refractivity contribution >= 4 is 17.0 Å². The van der Waals surface area contributed by atoms with Gasteiger partial charge in [-0.15, -0.1) is 0 Å². The molecule has 2 heterocycles. The van der Waals surface area contributed by atoms with Crippen LogP contribution in [0, 0.1) is 18.8 Å². The first kappa shape index (κ1) is 24.9. The molecule has 1 saturated heterocycles. The van der Waals surface area contributed by atoms with Crippen LogP contribution in [-0.4, -0.2) is 34.8 Å². The lowest BCUT2D eigenvalue weighted by molar-refractivity contribution is 0.0544. The lowest BCUT2D eigenvalue weighted by Gasteiger charge is -2.29. The van der Waals surface area contributed by atoms with Gasteiger partial charge in [0.2, 0.25) is 0 Å². The van der Waals surface area contributed by atoms with Crippen LogP contribution in [0.2, 0.25) is 0 Å². The van der Waals surface area contributed by atoms with Crippen LogP contribution in [0.5, 0.6) is 5.75 Å². The number of fused-ring (bicyclic) bond motifs is 2. The zero-order chi connectivity index (χ0) is 25.6. The number of hydrogen-bond acceptors (Lipinski definition) is 4. The number of nitrogens with zero attached hydrogens (tertiary/aromatic N) is 2. The van der Waals surface area contributed by atoms with E-state index in [1.54, 1.807) is 11.7 Å². The quantitative estimate of drug-likeness (QED) is 0.379. The Hall–Kier alpha value is -2.79. The summed E-state index contributed by atoms with van der Waals surface area (Å²) >= 11 is 0. The molecule has 2 aromatic carbocycles. The number of carbonyl (C=O) groups excluding carboxylic acids is 1. The summed E-state index contributed by atoms with van der Waals surface area (Å²) in [6, 6.07) is 13.8. The van der Waals surface area contributed by atoms with Crippen molar-refractivity contribution in [3.63, 3.8) is 0 Å². The molecule has 0 radical (unpaired) electrons. The average Bonchev–Trinajstić information content (AvgIpc) is 3.54. The van der Waals surface area contributed by atoms with E-state index < -0.39 is 5.60 Å². The van der Waals surface area contributed by atoms with Gasteiger partial charge in [0.15, 0.2) is 0 Å². The molecule has 0 N–H and O–H groups in total. The molecular weight excluding hydrogens is 448 g/mol. The Morgan fingerprint density at radius 3 is 2.53 bits per heavy atom. The number of ether oxygens (including phenoxy) is 2. The molecule has 2 fully saturated rings. The monoisotopic (exact) mass is 488 g/mol. The van der Waals surface area contributed by atoms with Gasteiger partial charge in [0.25, 0.3) is 0 Å². The number of methoxy groups -OCH3 is 1. The molecule has 1 aliphatic carbocycles. The van der Waals surface area contributed by atoms with Gasteiger partial charge in [-0.2, -0.15) is 0 Å². The predicted octanol–water partition coefficient (Wildman–Crippen LogP) is 7.28. The van der Waals surface area contributed by atoms with E-state index in [1.807, 2.05) is 40.0 Å². The number of carbonyl (C=O) groups is 1. The van der Waals surface area contributed by atoms with Crippen molar-refractivity contribution in [3.8, 4) is 5.75 Å². The molecule has 0 spiro atoms. The molecule has 1 saturated carbocycles.